The van der Waals surface area contributed by atoms with Crippen LogP contribution in [0.1, 0.15) is 10.5 Å². The minimum atomic E-state index is -0.123. The average Bonchev–Trinajstić information content (AvgIpc) is 2.90. The molecule has 3 heterocycles. The third kappa shape index (κ3) is 2.26. The summed E-state index contributed by atoms with van der Waals surface area (Å²) < 4.78 is 0. The number of aromatic nitrogens is 2. The largest absolute Gasteiger partial charge is 0.354 e. The van der Waals surface area contributed by atoms with Gasteiger partial charge in [-0.1, -0.05) is 0 Å². The Kier molecular flexibility index (Phi) is 3.08. The van der Waals surface area contributed by atoms with Crippen LogP contribution in [-0.4, -0.2) is 49.1 Å². The van der Waals surface area contributed by atoms with Crippen molar-refractivity contribution in [2.75, 3.05) is 38.1 Å². The number of aromatic amines is 1. The van der Waals surface area contributed by atoms with Gasteiger partial charge >= 0.3 is 0 Å². The molecule has 0 aliphatic carbocycles. The van der Waals surface area contributed by atoms with E-state index in [-0.39, 0.29) is 5.91 Å². The smallest absolute Gasteiger partial charge is 0.267 e. The molecule has 0 spiro atoms. The molecule has 0 atom stereocenters. The fraction of sp³-hybridized carbons (Fsp3) is 0.385. The number of carbonyl (C=O) groups excluding carboxylic acids is 1. The number of anilines is 1. The highest BCUT2D eigenvalue weighted by Gasteiger charge is 2.13. The molecule has 6 heteroatoms. The van der Waals surface area contributed by atoms with Crippen LogP contribution >= 0.6 is 0 Å². The Morgan fingerprint density at radius 3 is 2.89 bits per heavy atom. The summed E-state index contributed by atoms with van der Waals surface area (Å²) in [5.41, 5.74) is 1.30. The standard InChI is InChI=1S/C13H17N5O/c1-14-13(19)10-8-9-2-3-11(17-12(9)16-10)18-6-4-15-5-7-18/h2-3,8,15H,4-7H2,1H3,(H,14,19)(H,16,17). The first-order valence-electron chi connectivity index (χ1n) is 6.45. The summed E-state index contributed by atoms with van der Waals surface area (Å²) in [5, 5.41) is 6.88. The minimum Gasteiger partial charge on any atom is -0.354 e. The molecular formula is C13H17N5O. The Balaban J connectivity index is 1.93. The van der Waals surface area contributed by atoms with Crippen molar-refractivity contribution in [1.82, 2.24) is 20.6 Å². The van der Waals surface area contributed by atoms with Crippen molar-refractivity contribution in [3.63, 3.8) is 0 Å². The number of pyridine rings is 1. The number of hydrogen-bond donors (Lipinski definition) is 3. The second-order valence-corrected chi connectivity index (χ2v) is 4.61. The van der Waals surface area contributed by atoms with E-state index < -0.39 is 0 Å². The molecule has 1 aliphatic heterocycles. The Hall–Kier alpha value is -2.08. The van der Waals surface area contributed by atoms with Crippen molar-refractivity contribution >= 4 is 22.8 Å². The first-order chi connectivity index (χ1) is 9.28. The number of rotatable bonds is 2. The number of H-pyrrole nitrogens is 1. The van der Waals surface area contributed by atoms with Gasteiger partial charge in [-0.2, -0.15) is 0 Å². The summed E-state index contributed by atoms with van der Waals surface area (Å²) in [7, 11) is 1.62. The van der Waals surface area contributed by atoms with Crippen LogP contribution in [0.3, 0.4) is 0 Å². The van der Waals surface area contributed by atoms with Crippen LogP contribution in [0.4, 0.5) is 5.82 Å². The van der Waals surface area contributed by atoms with E-state index in [1.807, 2.05) is 18.2 Å². The van der Waals surface area contributed by atoms with Gasteiger partial charge in [0.2, 0.25) is 0 Å². The molecule has 2 aromatic heterocycles. The number of amides is 1. The fourth-order valence-corrected chi connectivity index (χ4v) is 2.32. The molecule has 0 radical (unpaired) electrons. The van der Waals surface area contributed by atoms with Gasteiger partial charge in [-0.25, -0.2) is 4.98 Å². The predicted octanol–water partition coefficient (Wildman–Crippen LogP) is 0.332. The van der Waals surface area contributed by atoms with Crippen molar-refractivity contribution in [2.24, 2.45) is 0 Å². The highest BCUT2D eigenvalue weighted by Crippen LogP contribution is 2.19. The zero-order chi connectivity index (χ0) is 13.2. The molecule has 100 valence electrons. The maximum absolute atomic E-state index is 11.6. The summed E-state index contributed by atoms with van der Waals surface area (Å²) in [6, 6.07) is 5.83. The Morgan fingerprint density at radius 1 is 1.37 bits per heavy atom. The second-order valence-electron chi connectivity index (χ2n) is 4.61. The molecule has 1 aliphatic rings. The molecule has 3 N–H and O–H groups in total. The number of carbonyl (C=O) groups is 1. The van der Waals surface area contributed by atoms with Crippen LogP contribution in [0.5, 0.6) is 0 Å². The van der Waals surface area contributed by atoms with Gasteiger partial charge < -0.3 is 20.5 Å². The third-order valence-electron chi connectivity index (χ3n) is 3.38. The molecular weight excluding hydrogens is 242 g/mol. The van der Waals surface area contributed by atoms with Crippen molar-refractivity contribution < 1.29 is 4.79 Å². The van der Waals surface area contributed by atoms with Crippen molar-refractivity contribution in [2.45, 2.75) is 0 Å². The zero-order valence-corrected chi connectivity index (χ0v) is 10.9. The molecule has 6 nitrogen and oxygen atoms in total. The Bertz CT molecular complexity index is 600. The first-order valence-corrected chi connectivity index (χ1v) is 6.45. The van der Waals surface area contributed by atoms with Gasteiger partial charge in [0.15, 0.2) is 0 Å². The summed E-state index contributed by atoms with van der Waals surface area (Å²) >= 11 is 0. The van der Waals surface area contributed by atoms with Crippen LogP contribution < -0.4 is 15.5 Å². The molecule has 2 aromatic rings. The van der Waals surface area contributed by atoms with E-state index in [0.717, 1.165) is 43.0 Å². The van der Waals surface area contributed by atoms with Gasteiger partial charge in [0.05, 0.1) is 0 Å². The van der Waals surface area contributed by atoms with Crippen molar-refractivity contribution in [3.05, 3.63) is 23.9 Å². The van der Waals surface area contributed by atoms with Crippen molar-refractivity contribution in [1.29, 1.82) is 0 Å². The molecule has 1 fully saturated rings. The number of nitrogens with one attached hydrogen (secondary N) is 3. The van der Waals surface area contributed by atoms with Gasteiger partial charge in [0.1, 0.15) is 17.2 Å². The Morgan fingerprint density at radius 2 is 2.16 bits per heavy atom. The summed E-state index contributed by atoms with van der Waals surface area (Å²) in [4.78, 5) is 21.5. The molecule has 1 saturated heterocycles. The van der Waals surface area contributed by atoms with E-state index in [9.17, 15) is 4.79 Å². The SMILES string of the molecule is CNC(=O)c1cc2ccc(N3CCNCC3)nc2[nH]1. The summed E-state index contributed by atoms with van der Waals surface area (Å²) in [5.74, 6) is 0.834. The van der Waals surface area contributed by atoms with Gasteiger partial charge in [-0.3, -0.25) is 4.79 Å². The number of hydrogen-bond acceptors (Lipinski definition) is 4. The summed E-state index contributed by atoms with van der Waals surface area (Å²) in [6.07, 6.45) is 0. The van der Waals surface area contributed by atoms with E-state index in [1.165, 1.54) is 0 Å². The zero-order valence-electron chi connectivity index (χ0n) is 10.9. The maximum atomic E-state index is 11.6. The minimum absolute atomic E-state index is 0.123. The number of nitrogens with zero attached hydrogens (tertiary/aromatic N) is 2. The second kappa shape index (κ2) is 4.89. The summed E-state index contributed by atoms with van der Waals surface area (Å²) in [6.45, 7) is 3.88. The van der Waals surface area contributed by atoms with Crippen LogP contribution in [0.15, 0.2) is 18.2 Å². The highest BCUT2D eigenvalue weighted by atomic mass is 16.1. The Labute approximate surface area is 111 Å². The average molecular weight is 259 g/mol. The fourth-order valence-electron chi connectivity index (χ4n) is 2.32. The lowest BCUT2D eigenvalue weighted by molar-refractivity contribution is 0.0959. The molecule has 3 rings (SSSR count). The lowest BCUT2D eigenvalue weighted by Crippen LogP contribution is -2.43. The first kappa shape index (κ1) is 12.0. The highest BCUT2D eigenvalue weighted by molar-refractivity contribution is 5.97. The monoisotopic (exact) mass is 259 g/mol. The van der Waals surface area contributed by atoms with Crippen LogP contribution in [0, 0.1) is 0 Å². The third-order valence-corrected chi connectivity index (χ3v) is 3.38. The van der Waals surface area contributed by atoms with E-state index >= 15 is 0 Å². The molecule has 1 amide bonds. The van der Waals surface area contributed by atoms with Gasteiger partial charge in [0, 0.05) is 38.6 Å². The van der Waals surface area contributed by atoms with Gasteiger partial charge in [0.25, 0.3) is 5.91 Å². The maximum Gasteiger partial charge on any atom is 0.267 e. The van der Waals surface area contributed by atoms with Gasteiger partial charge in [-0.15, -0.1) is 0 Å². The van der Waals surface area contributed by atoms with Gasteiger partial charge in [-0.05, 0) is 18.2 Å². The topological polar surface area (TPSA) is 73.1 Å². The number of piperazine rings is 1. The molecule has 0 bridgehead atoms. The number of fused-ring (bicyclic) bond motifs is 1. The molecule has 0 saturated carbocycles. The van der Waals surface area contributed by atoms with Crippen LogP contribution in [-0.2, 0) is 0 Å². The normalized spacial score (nSPS) is 15.7. The molecule has 0 unspecified atom stereocenters. The predicted molar refractivity (Wildman–Crippen MR) is 74.6 cm³/mol. The quantitative estimate of drug-likeness (QED) is 0.727. The van der Waals surface area contributed by atoms with Crippen LogP contribution in [0.2, 0.25) is 0 Å². The molecule has 0 aromatic carbocycles. The van der Waals surface area contributed by atoms with Crippen LogP contribution in [0.25, 0.3) is 11.0 Å². The van der Waals surface area contributed by atoms with Crippen molar-refractivity contribution in [3.8, 4) is 0 Å². The van der Waals surface area contributed by atoms with E-state index in [0.29, 0.717) is 5.69 Å². The van der Waals surface area contributed by atoms with E-state index in [1.54, 1.807) is 7.05 Å². The molecule has 19 heavy (non-hydrogen) atoms. The van der Waals surface area contributed by atoms with E-state index in [2.05, 4.69) is 25.5 Å². The van der Waals surface area contributed by atoms with E-state index in [4.69, 9.17) is 0 Å². The lowest BCUT2D eigenvalue weighted by Gasteiger charge is -2.28. The lowest BCUT2D eigenvalue weighted by atomic mass is 10.3.